The van der Waals surface area contributed by atoms with Gasteiger partial charge in [-0.1, -0.05) is 19.1 Å². The smallest absolute Gasteiger partial charge is 0.241 e. The Kier molecular flexibility index (Phi) is 4.64. The Morgan fingerprint density at radius 1 is 1.39 bits per heavy atom. The van der Waals surface area contributed by atoms with Crippen molar-refractivity contribution in [1.82, 2.24) is 4.90 Å². The standard InChI is InChI=1S/C14H19BrN2O/c1-11-6-8-17(9-7-11)14(18)10-16-13-5-3-2-4-12(13)15/h2-5,11,16H,6-10H2,1H3. The van der Waals surface area contributed by atoms with Crippen molar-refractivity contribution in [1.29, 1.82) is 0 Å². The predicted octanol–water partition coefficient (Wildman–Crippen LogP) is 3.12. The van der Waals surface area contributed by atoms with E-state index in [0.29, 0.717) is 6.54 Å². The number of halogens is 1. The van der Waals surface area contributed by atoms with Crippen LogP contribution in [-0.2, 0) is 4.79 Å². The summed E-state index contributed by atoms with van der Waals surface area (Å²) in [5, 5.41) is 3.18. The van der Waals surface area contributed by atoms with E-state index in [0.717, 1.165) is 42.0 Å². The number of hydrogen-bond acceptors (Lipinski definition) is 2. The Balaban J connectivity index is 1.83. The first kappa shape index (κ1) is 13.4. The fourth-order valence-electron chi connectivity index (χ4n) is 2.15. The molecule has 0 aliphatic carbocycles. The molecular formula is C14H19BrN2O. The zero-order chi connectivity index (χ0) is 13.0. The Labute approximate surface area is 117 Å². The number of amides is 1. The maximum absolute atomic E-state index is 12.0. The van der Waals surface area contributed by atoms with Crippen molar-refractivity contribution in [3.63, 3.8) is 0 Å². The molecule has 0 bridgehead atoms. The number of rotatable bonds is 3. The molecule has 0 aromatic heterocycles. The van der Waals surface area contributed by atoms with E-state index in [1.807, 2.05) is 29.2 Å². The molecule has 3 nitrogen and oxygen atoms in total. The largest absolute Gasteiger partial charge is 0.375 e. The molecule has 18 heavy (non-hydrogen) atoms. The van der Waals surface area contributed by atoms with Crippen LogP contribution in [0.2, 0.25) is 0 Å². The Morgan fingerprint density at radius 3 is 2.72 bits per heavy atom. The Morgan fingerprint density at radius 2 is 2.06 bits per heavy atom. The van der Waals surface area contributed by atoms with Crippen LogP contribution in [0.5, 0.6) is 0 Å². The number of para-hydroxylation sites is 1. The highest BCUT2D eigenvalue weighted by molar-refractivity contribution is 9.10. The maximum atomic E-state index is 12.0. The highest BCUT2D eigenvalue weighted by atomic mass is 79.9. The van der Waals surface area contributed by atoms with Gasteiger partial charge in [-0.15, -0.1) is 0 Å². The lowest BCUT2D eigenvalue weighted by Crippen LogP contribution is -2.40. The summed E-state index contributed by atoms with van der Waals surface area (Å²) < 4.78 is 0.991. The topological polar surface area (TPSA) is 32.3 Å². The lowest BCUT2D eigenvalue weighted by atomic mass is 9.99. The van der Waals surface area contributed by atoms with Crippen LogP contribution >= 0.6 is 15.9 Å². The van der Waals surface area contributed by atoms with Crippen LogP contribution in [-0.4, -0.2) is 30.4 Å². The number of piperidine rings is 1. The Hall–Kier alpha value is -1.03. The molecule has 1 aliphatic heterocycles. The SMILES string of the molecule is CC1CCN(C(=O)CNc2ccccc2Br)CC1. The Bertz CT molecular complexity index is 414. The molecule has 1 saturated heterocycles. The second-order valence-electron chi connectivity index (χ2n) is 4.90. The highest BCUT2D eigenvalue weighted by Crippen LogP contribution is 2.21. The van der Waals surface area contributed by atoms with E-state index in [9.17, 15) is 4.79 Å². The number of hydrogen-bond donors (Lipinski definition) is 1. The van der Waals surface area contributed by atoms with Crippen LogP contribution in [0.25, 0.3) is 0 Å². The summed E-state index contributed by atoms with van der Waals surface area (Å²) in [4.78, 5) is 14.0. The van der Waals surface area contributed by atoms with Crippen LogP contribution in [0.4, 0.5) is 5.69 Å². The summed E-state index contributed by atoms with van der Waals surface area (Å²) in [6.07, 6.45) is 2.25. The van der Waals surface area contributed by atoms with Gasteiger partial charge in [0.25, 0.3) is 0 Å². The van der Waals surface area contributed by atoms with Gasteiger partial charge in [0, 0.05) is 23.2 Å². The van der Waals surface area contributed by atoms with E-state index in [1.165, 1.54) is 0 Å². The molecule has 1 aliphatic rings. The summed E-state index contributed by atoms with van der Waals surface area (Å²) in [7, 11) is 0. The summed E-state index contributed by atoms with van der Waals surface area (Å²) in [5.41, 5.74) is 0.969. The molecule has 1 fully saturated rings. The van der Waals surface area contributed by atoms with Crippen molar-refractivity contribution >= 4 is 27.5 Å². The number of nitrogens with zero attached hydrogens (tertiary/aromatic N) is 1. The molecule has 1 N–H and O–H groups in total. The van der Waals surface area contributed by atoms with Gasteiger partial charge in [0.15, 0.2) is 0 Å². The van der Waals surface area contributed by atoms with E-state index >= 15 is 0 Å². The summed E-state index contributed by atoms with van der Waals surface area (Å²) in [5.74, 6) is 0.947. The molecule has 98 valence electrons. The third-order valence-electron chi connectivity index (χ3n) is 3.44. The second kappa shape index (κ2) is 6.23. The summed E-state index contributed by atoms with van der Waals surface area (Å²) >= 11 is 3.46. The number of likely N-dealkylation sites (tertiary alicyclic amines) is 1. The molecular weight excluding hydrogens is 292 g/mol. The van der Waals surface area contributed by atoms with Crippen molar-refractivity contribution in [2.75, 3.05) is 25.0 Å². The van der Waals surface area contributed by atoms with Gasteiger partial charge >= 0.3 is 0 Å². The monoisotopic (exact) mass is 310 g/mol. The number of carbonyl (C=O) groups excluding carboxylic acids is 1. The van der Waals surface area contributed by atoms with Gasteiger partial charge in [-0.25, -0.2) is 0 Å². The van der Waals surface area contributed by atoms with Gasteiger partial charge in [0.05, 0.1) is 6.54 Å². The minimum absolute atomic E-state index is 0.192. The maximum Gasteiger partial charge on any atom is 0.241 e. The molecule has 1 amide bonds. The summed E-state index contributed by atoms with van der Waals surface area (Å²) in [6, 6.07) is 7.86. The van der Waals surface area contributed by atoms with Gasteiger partial charge in [-0.2, -0.15) is 0 Å². The average molecular weight is 311 g/mol. The van der Waals surface area contributed by atoms with E-state index in [2.05, 4.69) is 28.2 Å². The highest BCUT2D eigenvalue weighted by Gasteiger charge is 2.19. The first-order valence-corrected chi connectivity index (χ1v) is 7.22. The van der Waals surface area contributed by atoms with Crippen molar-refractivity contribution in [3.05, 3.63) is 28.7 Å². The minimum atomic E-state index is 0.192. The fourth-order valence-corrected chi connectivity index (χ4v) is 2.57. The minimum Gasteiger partial charge on any atom is -0.375 e. The van der Waals surface area contributed by atoms with Crippen molar-refractivity contribution in [2.24, 2.45) is 5.92 Å². The molecule has 1 heterocycles. The molecule has 0 radical (unpaired) electrons. The third-order valence-corrected chi connectivity index (χ3v) is 4.13. The molecule has 0 saturated carbocycles. The van der Waals surface area contributed by atoms with Crippen LogP contribution in [0.3, 0.4) is 0 Å². The van der Waals surface area contributed by atoms with Gasteiger partial charge < -0.3 is 10.2 Å². The van der Waals surface area contributed by atoms with Crippen LogP contribution in [0, 0.1) is 5.92 Å². The lowest BCUT2D eigenvalue weighted by molar-refractivity contribution is -0.130. The third kappa shape index (κ3) is 3.48. The first-order valence-electron chi connectivity index (χ1n) is 6.43. The van der Waals surface area contributed by atoms with Gasteiger partial charge in [0.2, 0.25) is 5.91 Å². The molecule has 1 aromatic rings. The van der Waals surface area contributed by atoms with E-state index < -0.39 is 0 Å². The van der Waals surface area contributed by atoms with Crippen LogP contribution in [0.15, 0.2) is 28.7 Å². The molecule has 4 heteroatoms. The second-order valence-corrected chi connectivity index (χ2v) is 5.75. The number of carbonyl (C=O) groups is 1. The normalized spacial score (nSPS) is 16.7. The first-order chi connectivity index (χ1) is 8.66. The van der Waals surface area contributed by atoms with Gasteiger partial charge in [0.1, 0.15) is 0 Å². The van der Waals surface area contributed by atoms with Crippen LogP contribution < -0.4 is 5.32 Å². The van der Waals surface area contributed by atoms with Crippen molar-refractivity contribution < 1.29 is 4.79 Å². The van der Waals surface area contributed by atoms with Gasteiger partial charge in [-0.3, -0.25) is 4.79 Å². The van der Waals surface area contributed by atoms with Gasteiger partial charge in [-0.05, 0) is 46.8 Å². The van der Waals surface area contributed by atoms with E-state index in [1.54, 1.807) is 0 Å². The molecule has 0 unspecified atom stereocenters. The van der Waals surface area contributed by atoms with Crippen molar-refractivity contribution in [3.8, 4) is 0 Å². The summed E-state index contributed by atoms with van der Waals surface area (Å²) in [6.45, 7) is 4.42. The average Bonchev–Trinajstić information content (AvgIpc) is 2.38. The zero-order valence-electron chi connectivity index (χ0n) is 10.7. The number of anilines is 1. The van der Waals surface area contributed by atoms with E-state index in [4.69, 9.17) is 0 Å². The fraction of sp³-hybridized carbons (Fsp3) is 0.500. The van der Waals surface area contributed by atoms with E-state index in [-0.39, 0.29) is 5.91 Å². The number of benzene rings is 1. The molecule has 0 atom stereocenters. The van der Waals surface area contributed by atoms with Crippen molar-refractivity contribution in [2.45, 2.75) is 19.8 Å². The quantitative estimate of drug-likeness (QED) is 0.930. The molecule has 1 aromatic carbocycles. The number of nitrogens with one attached hydrogen (secondary N) is 1. The van der Waals surface area contributed by atoms with Crippen LogP contribution in [0.1, 0.15) is 19.8 Å². The lowest BCUT2D eigenvalue weighted by Gasteiger charge is -2.30. The predicted molar refractivity (Wildman–Crippen MR) is 77.6 cm³/mol. The molecule has 0 spiro atoms. The molecule has 2 rings (SSSR count). The zero-order valence-corrected chi connectivity index (χ0v) is 12.2.